The zero-order valence-corrected chi connectivity index (χ0v) is 20.6. The standard InChI is InChI=1S/C23H28N4OS.HI/c1-18-27-22(17-29-18)12-13-25-23(24-2)26-14-20-10-6-7-11-21(20)16-28-15-19-8-4-3-5-9-19;/h3-11,17H,12-16H2,1-2H3,(H2,24,25,26);1H. The third-order valence-corrected chi connectivity index (χ3v) is 5.32. The van der Waals surface area contributed by atoms with Crippen LogP contribution in [0.15, 0.2) is 65.0 Å². The molecular weight excluding hydrogens is 507 g/mol. The number of hydrogen-bond donors (Lipinski definition) is 2. The van der Waals surface area contributed by atoms with E-state index in [0.29, 0.717) is 19.8 Å². The molecule has 0 bridgehead atoms. The molecule has 0 atom stereocenters. The number of halogens is 1. The van der Waals surface area contributed by atoms with Gasteiger partial charge in [-0.05, 0) is 23.6 Å². The monoisotopic (exact) mass is 536 g/mol. The topological polar surface area (TPSA) is 58.5 Å². The molecule has 5 nitrogen and oxygen atoms in total. The molecule has 2 N–H and O–H groups in total. The first kappa shape index (κ1) is 24.3. The van der Waals surface area contributed by atoms with Crippen molar-refractivity contribution >= 4 is 41.3 Å². The highest BCUT2D eigenvalue weighted by Gasteiger charge is 2.05. The number of thiazole rings is 1. The zero-order chi connectivity index (χ0) is 20.3. The van der Waals surface area contributed by atoms with Crippen molar-refractivity contribution < 1.29 is 4.74 Å². The van der Waals surface area contributed by atoms with E-state index in [1.54, 1.807) is 18.4 Å². The number of aryl methyl sites for hydroxylation is 1. The number of hydrogen-bond acceptors (Lipinski definition) is 4. The average Bonchev–Trinajstić information content (AvgIpc) is 3.17. The van der Waals surface area contributed by atoms with E-state index in [0.717, 1.165) is 29.6 Å². The summed E-state index contributed by atoms with van der Waals surface area (Å²) in [7, 11) is 1.79. The largest absolute Gasteiger partial charge is 0.372 e. The molecule has 0 spiro atoms. The van der Waals surface area contributed by atoms with Crippen molar-refractivity contribution in [3.8, 4) is 0 Å². The lowest BCUT2D eigenvalue weighted by molar-refractivity contribution is 0.106. The van der Waals surface area contributed by atoms with Crippen molar-refractivity contribution in [3.05, 3.63) is 87.4 Å². The van der Waals surface area contributed by atoms with E-state index >= 15 is 0 Å². The molecule has 3 aromatic rings. The summed E-state index contributed by atoms with van der Waals surface area (Å²) in [6.45, 7) is 4.72. The van der Waals surface area contributed by atoms with Crippen molar-refractivity contribution in [2.24, 2.45) is 4.99 Å². The van der Waals surface area contributed by atoms with Gasteiger partial charge in [-0.1, -0.05) is 54.6 Å². The molecule has 3 rings (SSSR count). The summed E-state index contributed by atoms with van der Waals surface area (Å²) >= 11 is 1.69. The second kappa shape index (κ2) is 13.4. The van der Waals surface area contributed by atoms with E-state index in [9.17, 15) is 0 Å². The van der Waals surface area contributed by atoms with E-state index in [1.165, 1.54) is 16.7 Å². The summed E-state index contributed by atoms with van der Waals surface area (Å²) in [5.74, 6) is 0.789. The highest BCUT2D eigenvalue weighted by Crippen LogP contribution is 2.12. The molecule has 1 heterocycles. The van der Waals surface area contributed by atoms with Gasteiger partial charge in [0.2, 0.25) is 0 Å². The van der Waals surface area contributed by atoms with E-state index in [1.807, 2.05) is 31.2 Å². The lowest BCUT2D eigenvalue weighted by atomic mass is 10.1. The first-order valence-electron chi connectivity index (χ1n) is 9.78. The van der Waals surface area contributed by atoms with Crippen LogP contribution < -0.4 is 10.6 Å². The van der Waals surface area contributed by atoms with Gasteiger partial charge in [0.1, 0.15) is 0 Å². The van der Waals surface area contributed by atoms with Gasteiger partial charge < -0.3 is 15.4 Å². The van der Waals surface area contributed by atoms with Gasteiger partial charge in [0.25, 0.3) is 0 Å². The smallest absolute Gasteiger partial charge is 0.191 e. The van der Waals surface area contributed by atoms with E-state index in [-0.39, 0.29) is 24.0 Å². The predicted molar refractivity (Wildman–Crippen MR) is 136 cm³/mol. The maximum Gasteiger partial charge on any atom is 0.191 e. The SMILES string of the molecule is CN=C(NCCc1csc(C)n1)NCc1ccccc1COCc1ccccc1.I. The number of guanidine groups is 1. The fraction of sp³-hybridized carbons (Fsp3) is 0.304. The zero-order valence-electron chi connectivity index (χ0n) is 17.4. The van der Waals surface area contributed by atoms with Crippen LogP contribution in [-0.4, -0.2) is 24.5 Å². The van der Waals surface area contributed by atoms with E-state index in [4.69, 9.17) is 4.74 Å². The minimum atomic E-state index is 0. The number of rotatable bonds is 9. The highest BCUT2D eigenvalue weighted by molar-refractivity contribution is 14.0. The van der Waals surface area contributed by atoms with Crippen molar-refractivity contribution in [1.29, 1.82) is 0 Å². The lowest BCUT2D eigenvalue weighted by Crippen LogP contribution is -2.38. The number of ether oxygens (including phenoxy) is 1. The summed E-state index contributed by atoms with van der Waals surface area (Å²) in [5, 5.41) is 9.96. The number of benzene rings is 2. The Labute approximate surface area is 200 Å². The molecule has 0 radical (unpaired) electrons. The van der Waals surface area contributed by atoms with Crippen LogP contribution in [-0.2, 0) is 30.9 Å². The first-order chi connectivity index (χ1) is 14.2. The van der Waals surface area contributed by atoms with Gasteiger partial charge in [-0.3, -0.25) is 4.99 Å². The van der Waals surface area contributed by atoms with E-state index in [2.05, 4.69) is 56.3 Å². The van der Waals surface area contributed by atoms with Gasteiger partial charge in [-0.2, -0.15) is 0 Å². The maximum absolute atomic E-state index is 5.92. The molecule has 0 aliphatic carbocycles. The molecule has 2 aromatic carbocycles. The van der Waals surface area contributed by atoms with Crippen LogP contribution in [0.4, 0.5) is 0 Å². The summed E-state index contributed by atoms with van der Waals surface area (Å²) in [4.78, 5) is 8.81. The van der Waals surface area contributed by atoms with Crippen LogP contribution in [0.2, 0.25) is 0 Å². The molecule has 7 heteroatoms. The Bertz CT molecular complexity index is 914. The fourth-order valence-corrected chi connectivity index (χ4v) is 3.60. The summed E-state index contributed by atoms with van der Waals surface area (Å²) < 4.78 is 5.92. The minimum absolute atomic E-state index is 0. The Balaban J connectivity index is 0.00000320. The number of nitrogens with one attached hydrogen (secondary N) is 2. The molecule has 0 aliphatic rings. The van der Waals surface area contributed by atoms with Gasteiger partial charge in [-0.25, -0.2) is 4.98 Å². The Hall–Kier alpha value is -1.97. The average molecular weight is 536 g/mol. The van der Waals surface area contributed by atoms with Crippen molar-refractivity contribution in [1.82, 2.24) is 15.6 Å². The van der Waals surface area contributed by atoms with Crippen LogP contribution in [0.3, 0.4) is 0 Å². The van der Waals surface area contributed by atoms with Crippen molar-refractivity contribution in [3.63, 3.8) is 0 Å². The molecule has 1 aromatic heterocycles. The van der Waals surface area contributed by atoms with Crippen molar-refractivity contribution in [2.45, 2.75) is 33.1 Å². The Morgan fingerprint density at radius 3 is 2.43 bits per heavy atom. The Morgan fingerprint density at radius 1 is 1.00 bits per heavy atom. The van der Waals surface area contributed by atoms with E-state index < -0.39 is 0 Å². The summed E-state index contributed by atoms with van der Waals surface area (Å²) in [5.41, 5.74) is 4.70. The normalized spacial score (nSPS) is 11.1. The minimum Gasteiger partial charge on any atom is -0.372 e. The van der Waals surface area contributed by atoms with Crippen LogP contribution >= 0.6 is 35.3 Å². The van der Waals surface area contributed by atoms with Gasteiger partial charge >= 0.3 is 0 Å². The summed E-state index contributed by atoms with van der Waals surface area (Å²) in [6.07, 6.45) is 0.884. The van der Waals surface area contributed by atoms with Gasteiger partial charge in [0.05, 0.1) is 23.9 Å². The molecule has 0 saturated heterocycles. The quantitative estimate of drug-likeness (QED) is 0.237. The maximum atomic E-state index is 5.92. The third kappa shape index (κ3) is 8.04. The second-order valence-corrected chi connectivity index (χ2v) is 7.77. The third-order valence-electron chi connectivity index (χ3n) is 4.50. The van der Waals surface area contributed by atoms with Gasteiger partial charge in [0, 0.05) is 31.9 Å². The van der Waals surface area contributed by atoms with Gasteiger partial charge in [-0.15, -0.1) is 35.3 Å². The van der Waals surface area contributed by atoms with Crippen molar-refractivity contribution in [2.75, 3.05) is 13.6 Å². The first-order valence-corrected chi connectivity index (χ1v) is 10.7. The molecule has 0 aliphatic heterocycles. The highest BCUT2D eigenvalue weighted by atomic mass is 127. The molecule has 0 saturated carbocycles. The molecule has 30 heavy (non-hydrogen) atoms. The molecule has 0 amide bonds. The van der Waals surface area contributed by atoms with Crippen LogP contribution in [0, 0.1) is 6.92 Å². The molecule has 0 fully saturated rings. The molecule has 160 valence electrons. The molecular formula is C23H29IN4OS. The predicted octanol–water partition coefficient (Wildman–Crippen LogP) is 4.69. The molecule has 0 unspecified atom stereocenters. The summed E-state index contributed by atoms with van der Waals surface area (Å²) in [6, 6.07) is 18.6. The second-order valence-electron chi connectivity index (χ2n) is 6.71. The van der Waals surface area contributed by atoms with Crippen LogP contribution in [0.25, 0.3) is 0 Å². The number of nitrogens with zero attached hydrogens (tertiary/aromatic N) is 2. The fourth-order valence-electron chi connectivity index (χ4n) is 2.96. The lowest BCUT2D eigenvalue weighted by Gasteiger charge is -2.14. The Kier molecular flexibility index (Phi) is 10.8. The van der Waals surface area contributed by atoms with Crippen LogP contribution in [0.5, 0.6) is 0 Å². The van der Waals surface area contributed by atoms with Gasteiger partial charge in [0.15, 0.2) is 5.96 Å². The van der Waals surface area contributed by atoms with Crippen LogP contribution in [0.1, 0.15) is 27.4 Å². The Morgan fingerprint density at radius 2 is 1.73 bits per heavy atom. The number of aromatic nitrogens is 1. The number of aliphatic imine (C=N–C) groups is 1.